The molecular formula is C14H22FNO2. The quantitative estimate of drug-likeness (QED) is 0.847. The molecule has 0 heterocycles. The van der Waals surface area contributed by atoms with Gasteiger partial charge in [-0.05, 0) is 38.7 Å². The first kappa shape index (κ1) is 14.9. The van der Waals surface area contributed by atoms with Crippen molar-refractivity contribution in [2.75, 3.05) is 27.8 Å². The average molecular weight is 255 g/mol. The number of methoxy groups -OCH3 is 1. The van der Waals surface area contributed by atoms with Crippen molar-refractivity contribution in [1.29, 1.82) is 0 Å². The van der Waals surface area contributed by atoms with Gasteiger partial charge in [0.15, 0.2) is 0 Å². The second kappa shape index (κ2) is 6.71. The van der Waals surface area contributed by atoms with E-state index in [1.807, 2.05) is 25.9 Å². The maximum absolute atomic E-state index is 13.4. The third kappa shape index (κ3) is 3.21. The van der Waals surface area contributed by atoms with Gasteiger partial charge < -0.3 is 14.7 Å². The molecule has 0 bridgehead atoms. The van der Waals surface area contributed by atoms with Crippen LogP contribution >= 0.6 is 0 Å². The summed E-state index contributed by atoms with van der Waals surface area (Å²) in [7, 11) is 5.42. The molecule has 102 valence electrons. The Morgan fingerprint density at radius 3 is 2.50 bits per heavy atom. The molecule has 2 atom stereocenters. The number of halogens is 1. The Morgan fingerprint density at radius 2 is 2.06 bits per heavy atom. The van der Waals surface area contributed by atoms with E-state index in [4.69, 9.17) is 4.74 Å². The number of aliphatic hydroxyl groups is 1. The molecule has 0 aliphatic heterocycles. The first-order valence-electron chi connectivity index (χ1n) is 6.15. The summed E-state index contributed by atoms with van der Waals surface area (Å²) in [5.74, 6) is 0.420. The van der Waals surface area contributed by atoms with E-state index in [0.29, 0.717) is 5.75 Å². The summed E-state index contributed by atoms with van der Waals surface area (Å²) in [4.78, 5) is 1.99. The highest BCUT2D eigenvalue weighted by molar-refractivity contribution is 5.37. The van der Waals surface area contributed by atoms with Crippen molar-refractivity contribution in [1.82, 2.24) is 4.90 Å². The van der Waals surface area contributed by atoms with E-state index >= 15 is 0 Å². The van der Waals surface area contributed by atoms with Crippen LogP contribution in [0.1, 0.15) is 24.9 Å². The Hall–Kier alpha value is -1.13. The number of benzene rings is 1. The third-order valence-corrected chi connectivity index (χ3v) is 3.27. The minimum absolute atomic E-state index is 0.0516. The fraction of sp³-hybridized carbons (Fsp3) is 0.571. The van der Waals surface area contributed by atoms with Crippen LogP contribution in [0.5, 0.6) is 5.75 Å². The molecule has 1 N–H and O–H groups in total. The predicted molar refractivity (Wildman–Crippen MR) is 70.2 cm³/mol. The normalized spacial score (nSPS) is 14.6. The fourth-order valence-corrected chi connectivity index (χ4v) is 2.34. The Kier molecular flexibility index (Phi) is 5.56. The van der Waals surface area contributed by atoms with Gasteiger partial charge in [0.2, 0.25) is 0 Å². The fourth-order valence-electron chi connectivity index (χ4n) is 2.34. The summed E-state index contributed by atoms with van der Waals surface area (Å²) < 4.78 is 18.7. The molecule has 2 unspecified atom stereocenters. The van der Waals surface area contributed by atoms with Gasteiger partial charge in [-0.15, -0.1) is 0 Å². The van der Waals surface area contributed by atoms with Gasteiger partial charge in [-0.2, -0.15) is 0 Å². The second-order valence-corrected chi connectivity index (χ2v) is 4.65. The lowest BCUT2D eigenvalue weighted by Gasteiger charge is -2.32. The third-order valence-electron chi connectivity index (χ3n) is 3.27. The molecule has 0 fully saturated rings. The van der Waals surface area contributed by atoms with E-state index in [1.165, 1.54) is 12.1 Å². The van der Waals surface area contributed by atoms with Crippen molar-refractivity contribution in [3.05, 3.63) is 29.6 Å². The molecule has 1 aromatic carbocycles. The number of nitrogens with zero attached hydrogens (tertiary/aromatic N) is 1. The van der Waals surface area contributed by atoms with Gasteiger partial charge in [-0.25, -0.2) is 4.39 Å². The lowest BCUT2D eigenvalue weighted by Crippen LogP contribution is -2.29. The number of ether oxygens (including phenoxy) is 1. The van der Waals surface area contributed by atoms with Crippen LogP contribution in [0.25, 0.3) is 0 Å². The highest BCUT2D eigenvalue weighted by Gasteiger charge is 2.26. The van der Waals surface area contributed by atoms with Crippen molar-refractivity contribution in [3.8, 4) is 5.75 Å². The number of hydrogen-bond donors (Lipinski definition) is 1. The summed E-state index contributed by atoms with van der Waals surface area (Å²) in [6, 6.07) is 4.44. The van der Waals surface area contributed by atoms with Crippen molar-refractivity contribution in [2.24, 2.45) is 5.92 Å². The van der Waals surface area contributed by atoms with Crippen LogP contribution in [-0.2, 0) is 0 Å². The van der Waals surface area contributed by atoms with Crippen molar-refractivity contribution < 1.29 is 14.2 Å². The van der Waals surface area contributed by atoms with Gasteiger partial charge in [0, 0.05) is 24.1 Å². The smallest absolute Gasteiger partial charge is 0.123 e. The topological polar surface area (TPSA) is 32.7 Å². The number of aliphatic hydroxyl groups excluding tert-OH is 1. The van der Waals surface area contributed by atoms with Gasteiger partial charge >= 0.3 is 0 Å². The van der Waals surface area contributed by atoms with Gasteiger partial charge in [0.1, 0.15) is 11.6 Å². The van der Waals surface area contributed by atoms with Crippen LogP contribution in [-0.4, -0.2) is 37.8 Å². The molecule has 1 rings (SSSR count). The molecule has 4 heteroatoms. The van der Waals surface area contributed by atoms with E-state index in [-0.39, 0.29) is 24.4 Å². The van der Waals surface area contributed by atoms with Gasteiger partial charge in [0.05, 0.1) is 7.11 Å². The lowest BCUT2D eigenvalue weighted by molar-refractivity contribution is 0.128. The zero-order valence-electron chi connectivity index (χ0n) is 11.5. The number of rotatable bonds is 6. The zero-order chi connectivity index (χ0) is 13.7. The van der Waals surface area contributed by atoms with E-state index in [0.717, 1.165) is 12.0 Å². The largest absolute Gasteiger partial charge is 0.496 e. The molecule has 0 spiro atoms. The molecule has 0 amide bonds. The van der Waals surface area contributed by atoms with Gasteiger partial charge in [-0.1, -0.05) is 6.92 Å². The first-order valence-corrected chi connectivity index (χ1v) is 6.15. The van der Waals surface area contributed by atoms with E-state index in [1.54, 1.807) is 13.2 Å². The van der Waals surface area contributed by atoms with Crippen molar-refractivity contribution in [2.45, 2.75) is 19.4 Å². The zero-order valence-corrected chi connectivity index (χ0v) is 11.5. The summed E-state index contributed by atoms with van der Waals surface area (Å²) >= 11 is 0. The number of hydrogen-bond acceptors (Lipinski definition) is 3. The monoisotopic (exact) mass is 255 g/mol. The van der Waals surface area contributed by atoms with Gasteiger partial charge in [-0.3, -0.25) is 0 Å². The molecule has 18 heavy (non-hydrogen) atoms. The Morgan fingerprint density at radius 1 is 1.39 bits per heavy atom. The molecule has 0 saturated heterocycles. The highest BCUT2D eigenvalue weighted by atomic mass is 19.1. The molecule has 0 aromatic heterocycles. The maximum Gasteiger partial charge on any atom is 0.123 e. The van der Waals surface area contributed by atoms with Crippen LogP contribution in [0.2, 0.25) is 0 Å². The maximum atomic E-state index is 13.4. The van der Waals surface area contributed by atoms with Crippen molar-refractivity contribution in [3.63, 3.8) is 0 Å². The standard InChI is InChI=1S/C14H22FNO2/c1-5-10(9-17)14(16(2)3)12-8-11(15)6-7-13(12)18-4/h6-8,10,14,17H,5,9H2,1-4H3. The summed E-state index contributed by atoms with van der Waals surface area (Å²) in [5.41, 5.74) is 0.781. The summed E-state index contributed by atoms with van der Waals surface area (Å²) in [5, 5.41) is 9.48. The second-order valence-electron chi connectivity index (χ2n) is 4.65. The van der Waals surface area contributed by atoms with Crippen LogP contribution in [0.15, 0.2) is 18.2 Å². The van der Waals surface area contributed by atoms with E-state index in [2.05, 4.69) is 0 Å². The predicted octanol–water partition coefficient (Wildman–Crippen LogP) is 2.46. The molecule has 0 aliphatic carbocycles. The van der Waals surface area contributed by atoms with Gasteiger partial charge in [0.25, 0.3) is 0 Å². The first-order chi connectivity index (χ1) is 8.54. The molecule has 0 saturated carbocycles. The molecule has 0 radical (unpaired) electrons. The van der Waals surface area contributed by atoms with E-state index < -0.39 is 0 Å². The molecule has 0 aliphatic rings. The highest BCUT2D eigenvalue weighted by Crippen LogP contribution is 2.35. The Bertz CT molecular complexity index is 378. The van der Waals surface area contributed by atoms with Crippen molar-refractivity contribution >= 4 is 0 Å². The molecule has 3 nitrogen and oxygen atoms in total. The summed E-state index contributed by atoms with van der Waals surface area (Å²) in [6.07, 6.45) is 0.818. The van der Waals surface area contributed by atoms with E-state index in [9.17, 15) is 9.50 Å². The molecular weight excluding hydrogens is 233 g/mol. The van der Waals surface area contributed by atoms with Crippen LogP contribution in [0.4, 0.5) is 4.39 Å². The van der Waals surface area contributed by atoms with Crippen LogP contribution in [0, 0.1) is 11.7 Å². The SMILES string of the molecule is CCC(CO)C(c1cc(F)ccc1OC)N(C)C. The lowest BCUT2D eigenvalue weighted by atomic mass is 9.90. The Labute approximate surface area is 108 Å². The molecule has 1 aromatic rings. The average Bonchev–Trinajstić information content (AvgIpc) is 2.35. The van der Waals surface area contributed by atoms with Crippen LogP contribution in [0.3, 0.4) is 0 Å². The van der Waals surface area contributed by atoms with Crippen LogP contribution < -0.4 is 4.74 Å². The minimum atomic E-state index is -0.287. The minimum Gasteiger partial charge on any atom is -0.496 e. The Balaban J connectivity index is 3.23. The summed E-state index contributed by atoms with van der Waals surface area (Å²) in [6.45, 7) is 2.09.